The third-order valence-corrected chi connectivity index (χ3v) is 5.02. The molecule has 2 rings (SSSR count). The Bertz CT molecular complexity index is 612. The van der Waals surface area contributed by atoms with Crippen LogP contribution in [0.2, 0.25) is 0 Å². The van der Waals surface area contributed by atoms with Crippen LogP contribution in [-0.4, -0.2) is 20.8 Å². The lowest BCUT2D eigenvalue weighted by atomic mass is 10.0. The van der Waals surface area contributed by atoms with Crippen LogP contribution in [0, 0.1) is 6.92 Å². The zero-order chi connectivity index (χ0) is 15.4. The van der Waals surface area contributed by atoms with Gasteiger partial charge in [-0.25, -0.2) is 0 Å². The van der Waals surface area contributed by atoms with E-state index in [1.807, 2.05) is 23.5 Å². The van der Waals surface area contributed by atoms with Gasteiger partial charge in [-0.05, 0) is 43.3 Å². The summed E-state index contributed by atoms with van der Waals surface area (Å²) in [7, 11) is 3.31. The van der Waals surface area contributed by atoms with E-state index in [9.17, 15) is 0 Å². The number of hydrogen-bond acceptors (Lipinski definition) is 4. The normalized spacial score (nSPS) is 12.2. The lowest BCUT2D eigenvalue weighted by Gasteiger charge is -2.20. The van der Waals surface area contributed by atoms with E-state index < -0.39 is 0 Å². The SMILES string of the molecule is CCNC(c1ccc(C)s1)c1cc(OC)c(OC)cc1Br. The van der Waals surface area contributed by atoms with Gasteiger partial charge in [0.1, 0.15) is 0 Å². The fraction of sp³-hybridized carbons (Fsp3) is 0.375. The molecule has 0 amide bonds. The molecule has 1 heterocycles. The molecule has 21 heavy (non-hydrogen) atoms. The third kappa shape index (κ3) is 3.59. The summed E-state index contributed by atoms with van der Waals surface area (Å²) in [5.41, 5.74) is 1.15. The van der Waals surface area contributed by atoms with Crippen LogP contribution < -0.4 is 14.8 Å². The van der Waals surface area contributed by atoms with Gasteiger partial charge in [-0.3, -0.25) is 0 Å². The quantitative estimate of drug-likeness (QED) is 0.810. The van der Waals surface area contributed by atoms with Crippen molar-refractivity contribution in [2.75, 3.05) is 20.8 Å². The molecule has 0 fully saturated rings. The van der Waals surface area contributed by atoms with E-state index in [2.05, 4.69) is 47.2 Å². The van der Waals surface area contributed by atoms with Gasteiger partial charge in [-0.1, -0.05) is 22.9 Å². The van der Waals surface area contributed by atoms with Crippen molar-refractivity contribution < 1.29 is 9.47 Å². The van der Waals surface area contributed by atoms with Gasteiger partial charge in [0.15, 0.2) is 11.5 Å². The number of benzene rings is 1. The van der Waals surface area contributed by atoms with Crippen molar-refractivity contribution in [3.63, 3.8) is 0 Å². The molecule has 5 heteroatoms. The molecule has 0 spiro atoms. The van der Waals surface area contributed by atoms with Crippen molar-refractivity contribution in [3.8, 4) is 11.5 Å². The number of thiophene rings is 1. The van der Waals surface area contributed by atoms with Crippen molar-refractivity contribution in [1.82, 2.24) is 5.32 Å². The van der Waals surface area contributed by atoms with Gasteiger partial charge in [0.25, 0.3) is 0 Å². The largest absolute Gasteiger partial charge is 0.493 e. The summed E-state index contributed by atoms with van der Waals surface area (Å²) in [6.07, 6.45) is 0. The van der Waals surface area contributed by atoms with E-state index in [0.717, 1.165) is 28.1 Å². The Labute approximate surface area is 138 Å². The Kier molecular flexibility index (Phi) is 5.67. The summed E-state index contributed by atoms with van der Waals surface area (Å²) >= 11 is 5.46. The molecular formula is C16H20BrNO2S. The molecule has 0 aliphatic rings. The highest BCUT2D eigenvalue weighted by Crippen LogP contribution is 2.39. The predicted octanol–water partition coefficient (Wildman–Crippen LogP) is 4.54. The smallest absolute Gasteiger partial charge is 0.161 e. The standard InChI is InChI=1S/C16H20BrNO2S/c1-5-18-16(15-7-6-10(2)21-15)11-8-13(19-3)14(20-4)9-12(11)17/h6-9,16,18H,5H2,1-4H3. The maximum atomic E-state index is 5.43. The molecule has 3 nitrogen and oxygen atoms in total. The second kappa shape index (κ2) is 7.29. The Balaban J connectivity index is 2.49. The number of hydrogen-bond donors (Lipinski definition) is 1. The molecule has 1 unspecified atom stereocenters. The van der Waals surface area contributed by atoms with Gasteiger partial charge in [-0.15, -0.1) is 11.3 Å². The van der Waals surface area contributed by atoms with Crippen molar-refractivity contribution in [3.05, 3.63) is 44.1 Å². The highest BCUT2D eigenvalue weighted by atomic mass is 79.9. The van der Waals surface area contributed by atoms with Crippen molar-refractivity contribution in [2.24, 2.45) is 0 Å². The Morgan fingerprint density at radius 3 is 2.38 bits per heavy atom. The van der Waals surface area contributed by atoms with Crippen LogP contribution in [0.3, 0.4) is 0 Å². The molecule has 0 radical (unpaired) electrons. The van der Waals surface area contributed by atoms with Crippen LogP contribution in [0.4, 0.5) is 0 Å². The third-order valence-electron chi connectivity index (χ3n) is 3.27. The van der Waals surface area contributed by atoms with Crippen LogP contribution >= 0.6 is 27.3 Å². The average molecular weight is 370 g/mol. The summed E-state index contributed by atoms with van der Waals surface area (Å²) in [6, 6.07) is 8.46. The molecule has 0 saturated carbocycles. The highest BCUT2D eigenvalue weighted by molar-refractivity contribution is 9.10. The van der Waals surface area contributed by atoms with Gasteiger partial charge in [0, 0.05) is 14.2 Å². The number of aryl methyl sites for hydroxylation is 1. The number of halogens is 1. The second-order valence-electron chi connectivity index (χ2n) is 4.67. The zero-order valence-electron chi connectivity index (χ0n) is 12.7. The van der Waals surface area contributed by atoms with Crippen LogP contribution in [0.15, 0.2) is 28.7 Å². The van der Waals surface area contributed by atoms with Crippen LogP contribution in [0.25, 0.3) is 0 Å². The molecule has 0 aliphatic heterocycles. The first-order chi connectivity index (χ1) is 10.1. The molecule has 1 atom stereocenters. The Hall–Kier alpha value is -1.04. The Morgan fingerprint density at radius 2 is 1.86 bits per heavy atom. The zero-order valence-corrected chi connectivity index (χ0v) is 15.1. The lowest BCUT2D eigenvalue weighted by molar-refractivity contribution is 0.354. The van der Waals surface area contributed by atoms with E-state index >= 15 is 0 Å². The fourth-order valence-corrected chi connectivity index (χ4v) is 3.79. The number of rotatable bonds is 6. The summed E-state index contributed by atoms with van der Waals surface area (Å²) in [4.78, 5) is 2.60. The van der Waals surface area contributed by atoms with Crippen molar-refractivity contribution in [2.45, 2.75) is 19.9 Å². The first-order valence-electron chi connectivity index (χ1n) is 6.81. The van der Waals surface area contributed by atoms with E-state index in [4.69, 9.17) is 9.47 Å². The van der Waals surface area contributed by atoms with Gasteiger partial charge >= 0.3 is 0 Å². The highest BCUT2D eigenvalue weighted by Gasteiger charge is 2.20. The van der Waals surface area contributed by atoms with Gasteiger partial charge < -0.3 is 14.8 Å². The minimum absolute atomic E-state index is 0.142. The molecule has 0 saturated heterocycles. The van der Waals surface area contributed by atoms with Crippen molar-refractivity contribution >= 4 is 27.3 Å². The maximum Gasteiger partial charge on any atom is 0.161 e. The molecule has 114 valence electrons. The summed E-state index contributed by atoms with van der Waals surface area (Å²) in [6.45, 7) is 5.13. The molecule has 0 bridgehead atoms. The molecule has 0 aliphatic carbocycles. The molecule has 1 aromatic heterocycles. The number of ether oxygens (including phenoxy) is 2. The monoisotopic (exact) mass is 369 g/mol. The average Bonchev–Trinajstić information content (AvgIpc) is 2.91. The molecule has 2 aromatic rings. The minimum atomic E-state index is 0.142. The number of methoxy groups -OCH3 is 2. The van der Waals surface area contributed by atoms with Gasteiger partial charge in [0.2, 0.25) is 0 Å². The number of nitrogens with one attached hydrogen (secondary N) is 1. The fourth-order valence-electron chi connectivity index (χ4n) is 2.27. The first-order valence-corrected chi connectivity index (χ1v) is 8.42. The topological polar surface area (TPSA) is 30.5 Å². The second-order valence-corrected chi connectivity index (χ2v) is 6.84. The summed E-state index contributed by atoms with van der Waals surface area (Å²) in [5, 5.41) is 3.54. The summed E-state index contributed by atoms with van der Waals surface area (Å²) in [5.74, 6) is 1.47. The predicted molar refractivity (Wildman–Crippen MR) is 91.8 cm³/mol. The maximum absolute atomic E-state index is 5.43. The minimum Gasteiger partial charge on any atom is -0.493 e. The van der Waals surface area contributed by atoms with Gasteiger partial charge in [0.05, 0.1) is 20.3 Å². The van der Waals surface area contributed by atoms with Crippen molar-refractivity contribution in [1.29, 1.82) is 0 Å². The summed E-state index contributed by atoms with van der Waals surface area (Å²) < 4.78 is 11.8. The molecule has 1 N–H and O–H groups in total. The van der Waals surface area contributed by atoms with Gasteiger partial charge in [-0.2, -0.15) is 0 Å². The van der Waals surface area contributed by atoms with E-state index in [1.54, 1.807) is 14.2 Å². The Morgan fingerprint density at radius 1 is 1.19 bits per heavy atom. The lowest BCUT2D eigenvalue weighted by Crippen LogP contribution is -2.21. The van der Waals surface area contributed by atoms with Crippen LogP contribution in [0.1, 0.15) is 28.3 Å². The van der Waals surface area contributed by atoms with E-state index in [0.29, 0.717) is 0 Å². The van der Waals surface area contributed by atoms with E-state index in [-0.39, 0.29) is 6.04 Å². The van der Waals surface area contributed by atoms with E-state index in [1.165, 1.54) is 9.75 Å². The molecular weight excluding hydrogens is 350 g/mol. The van der Waals surface area contributed by atoms with Crippen LogP contribution in [0.5, 0.6) is 11.5 Å². The first kappa shape index (κ1) is 16.3. The van der Waals surface area contributed by atoms with Crippen LogP contribution in [-0.2, 0) is 0 Å². The molecule has 1 aromatic carbocycles.